The maximum Gasteiger partial charge on any atom is 0.176 e. The number of aliphatic hydroxyl groups is 3. The monoisotopic (exact) mass is 832 g/mol. The number of hydrogen-bond donors (Lipinski definition) is 6. The van der Waals surface area contributed by atoms with Gasteiger partial charge < -0.3 is 30.7 Å². The minimum Gasteiger partial charge on any atom is -0.393 e. The number of carbonyl (C=O) groups is 2. The molecule has 15 atom stereocenters. The van der Waals surface area contributed by atoms with E-state index < -0.39 is 23.7 Å². The average Bonchev–Trinajstić information content (AvgIpc) is 3.77. The molecule has 0 amide bonds. The molecule has 0 aromatic heterocycles. The summed E-state index contributed by atoms with van der Waals surface area (Å²) in [4.78, 5) is 31.1. The predicted molar refractivity (Wildman–Crippen MR) is 232 cm³/mol. The Morgan fingerprint density at radius 1 is 0.950 bits per heavy atom. The van der Waals surface area contributed by atoms with E-state index in [1.807, 2.05) is 12.8 Å². The van der Waals surface area contributed by atoms with Crippen molar-refractivity contribution in [2.75, 3.05) is 13.7 Å². The van der Waals surface area contributed by atoms with Crippen LogP contribution < -0.4 is 16.4 Å². The van der Waals surface area contributed by atoms with Gasteiger partial charge >= 0.3 is 0 Å². The summed E-state index contributed by atoms with van der Waals surface area (Å²) in [5.41, 5.74) is 6.90. The van der Waals surface area contributed by atoms with Crippen molar-refractivity contribution in [3.05, 3.63) is 18.2 Å². The molecule has 5 aliphatic carbocycles. The van der Waals surface area contributed by atoms with Gasteiger partial charge in [0.2, 0.25) is 0 Å². The van der Waals surface area contributed by atoms with Gasteiger partial charge in [-0.3, -0.25) is 15.3 Å². The Balaban J connectivity index is 0.926. The molecule has 0 bridgehead atoms. The Kier molecular flexibility index (Phi) is 14.6. The van der Waals surface area contributed by atoms with Gasteiger partial charge in [-0.2, -0.15) is 0 Å². The highest BCUT2D eigenvalue weighted by molar-refractivity contribution is 5.89. The van der Waals surface area contributed by atoms with Crippen LogP contribution in [-0.2, 0) is 14.3 Å². The molecule has 2 spiro atoms. The minimum absolute atomic E-state index is 0.0757. The van der Waals surface area contributed by atoms with Crippen molar-refractivity contribution in [3.8, 4) is 11.8 Å². The number of ketones is 2. The van der Waals surface area contributed by atoms with Crippen LogP contribution in [0.5, 0.6) is 0 Å². The first-order valence-corrected chi connectivity index (χ1v) is 24.7. The highest BCUT2D eigenvalue weighted by Crippen LogP contribution is 2.49. The number of piperidine rings is 2. The summed E-state index contributed by atoms with van der Waals surface area (Å²) >= 11 is 0. The number of ether oxygens (including phenoxy) is 1. The van der Waals surface area contributed by atoms with E-state index in [9.17, 15) is 24.9 Å². The third-order valence-electron chi connectivity index (χ3n) is 18.0. The van der Waals surface area contributed by atoms with Crippen LogP contribution in [0.2, 0.25) is 0 Å². The molecular weight excluding hydrogens is 753 g/mol. The summed E-state index contributed by atoms with van der Waals surface area (Å²) in [7, 11) is 1.67. The average molecular weight is 832 g/mol. The van der Waals surface area contributed by atoms with Crippen molar-refractivity contribution in [1.82, 2.24) is 0 Å². The number of allylic oxidation sites excluding steroid dienone is 1. The van der Waals surface area contributed by atoms with E-state index in [2.05, 4.69) is 33.5 Å². The van der Waals surface area contributed by atoms with E-state index in [1.165, 1.54) is 50.5 Å². The van der Waals surface area contributed by atoms with Crippen molar-refractivity contribution in [2.45, 2.75) is 196 Å². The van der Waals surface area contributed by atoms with Crippen LogP contribution in [0.15, 0.2) is 16.6 Å². The van der Waals surface area contributed by atoms with Crippen LogP contribution in [0.1, 0.15) is 154 Å². The molecular formula is C50H79N4O6+3. The van der Waals surface area contributed by atoms with Gasteiger partial charge in [0.05, 0.1) is 55.0 Å². The Hall–Kier alpha value is -2.10. The quantitative estimate of drug-likeness (QED) is 0.126. The van der Waals surface area contributed by atoms with Gasteiger partial charge in [0.15, 0.2) is 12.0 Å². The number of aliphatic imine (C=N–C) groups is 1. The number of rotatable bonds is 12. The fraction of sp³-hybridized carbons (Fsp3) is 0.840. The summed E-state index contributed by atoms with van der Waals surface area (Å²) in [6, 6.07) is 0.469. The predicted octanol–water partition coefficient (Wildman–Crippen LogP) is 4.29. The third kappa shape index (κ3) is 9.98. The summed E-state index contributed by atoms with van der Waals surface area (Å²) in [6.45, 7) is 2.86. The van der Waals surface area contributed by atoms with Crippen LogP contribution in [-0.4, -0.2) is 88.9 Å². The van der Waals surface area contributed by atoms with Gasteiger partial charge in [-0.1, -0.05) is 18.3 Å². The van der Waals surface area contributed by atoms with E-state index in [0.717, 1.165) is 64.3 Å². The largest absolute Gasteiger partial charge is 0.393 e. The van der Waals surface area contributed by atoms with Crippen molar-refractivity contribution in [2.24, 2.45) is 63.5 Å². The van der Waals surface area contributed by atoms with E-state index in [1.54, 1.807) is 7.11 Å². The third-order valence-corrected chi connectivity index (χ3v) is 18.0. The molecule has 3 heterocycles. The molecule has 8 aliphatic rings. The van der Waals surface area contributed by atoms with Gasteiger partial charge in [-0.25, -0.2) is 0 Å². The second-order valence-electron chi connectivity index (χ2n) is 21.5. The van der Waals surface area contributed by atoms with Crippen LogP contribution >= 0.6 is 0 Å². The molecule has 0 aromatic carbocycles. The lowest BCUT2D eigenvalue weighted by Gasteiger charge is -2.51. The molecule has 3 aliphatic heterocycles. The van der Waals surface area contributed by atoms with E-state index in [-0.39, 0.29) is 41.3 Å². The van der Waals surface area contributed by atoms with Gasteiger partial charge in [0.1, 0.15) is 29.5 Å². The number of nitrogens with zero attached hydrogens (tertiary/aromatic N) is 1. The summed E-state index contributed by atoms with van der Waals surface area (Å²) in [5, 5.41) is 39.8. The lowest BCUT2D eigenvalue weighted by Crippen LogP contribution is -3.05. The standard InChI is InChI=1S/C50H77N4O6/c1-60-45-26-36-9-14-46(58)49(20-15-32(24-47(49)59)5-10-39-25-37-8-13-41(56)28-43(37)54-50(39)18-3-2-4-19-50)21-16-34(42(36)29-44(45)57)6-11-40(55)12-7-35-27-48(51)53-31-38(35)23-33-17-22-52-30-33/h17,22,30,32,34-40,42-45,47-48,53-55,57,59H,2-15,18-20,23-29,31,51H2,1H3/q+1/p+2. The Morgan fingerprint density at radius 3 is 2.55 bits per heavy atom. The first-order chi connectivity index (χ1) is 29.0. The number of quaternary nitrogens is 2. The van der Waals surface area contributed by atoms with Crippen molar-refractivity contribution >= 4 is 17.8 Å². The molecule has 10 nitrogen and oxygen atoms in total. The lowest BCUT2D eigenvalue weighted by atomic mass is 9.60. The zero-order valence-electron chi connectivity index (χ0n) is 36.7. The molecule has 6 fully saturated rings. The summed E-state index contributed by atoms with van der Waals surface area (Å²) < 4.78 is 5.75. The maximum atomic E-state index is 14.4. The van der Waals surface area contributed by atoms with Crippen molar-refractivity contribution in [1.29, 1.82) is 0 Å². The molecule has 332 valence electrons. The van der Waals surface area contributed by atoms with Crippen LogP contribution in [0.25, 0.3) is 0 Å². The molecule has 15 unspecified atom stereocenters. The second-order valence-corrected chi connectivity index (χ2v) is 21.5. The second kappa shape index (κ2) is 19.7. The zero-order valence-corrected chi connectivity index (χ0v) is 36.7. The lowest BCUT2D eigenvalue weighted by molar-refractivity contribution is -0.782. The first-order valence-electron chi connectivity index (χ1n) is 24.7. The molecule has 4 saturated carbocycles. The van der Waals surface area contributed by atoms with Crippen molar-refractivity contribution < 1.29 is 40.3 Å². The number of aliphatic hydroxyl groups excluding tert-OH is 3. The molecule has 60 heavy (non-hydrogen) atoms. The minimum atomic E-state index is -1.05. The molecule has 10 heteroatoms. The Labute approximate surface area is 360 Å². The smallest absolute Gasteiger partial charge is 0.176 e. The van der Waals surface area contributed by atoms with Crippen LogP contribution in [0.4, 0.5) is 0 Å². The van der Waals surface area contributed by atoms with Crippen molar-refractivity contribution in [3.63, 3.8) is 0 Å². The maximum absolute atomic E-state index is 14.4. The van der Waals surface area contributed by atoms with E-state index in [4.69, 9.17) is 10.5 Å². The molecule has 9 N–H and O–H groups in total. The normalized spacial score (nSPS) is 42.1. The van der Waals surface area contributed by atoms with Gasteiger partial charge in [0.25, 0.3) is 0 Å². The molecule has 0 aromatic rings. The number of Topliss-reactive ketones (excluding diaryl/α,β-unsaturated/α-hetero) is 2. The topological polar surface area (TPSA) is 176 Å². The van der Waals surface area contributed by atoms with Gasteiger partial charge in [0, 0.05) is 69.3 Å². The van der Waals surface area contributed by atoms with E-state index >= 15 is 0 Å². The zero-order chi connectivity index (χ0) is 41.9. The molecule has 8 rings (SSSR count). The summed E-state index contributed by atoms with van der Waals surface area (Å²) in [6.07, 6.45) is 24.0. The number of hydrogen-bond acceptors (Lipinski definition) is 8. The summed E-state index contributed by atoms with van der Waals surface area (Å²) in [5.74, 6) is 10.6. The highest BCUT2D eigenvalue weighted by Gasteiger charge is 2.53. The van der Waals surface area contributed by atoms with Crippen LogP contribution in [0.3, 0.4) is 0 Å². The number of fused-ring (bicyclic) bond motifs is 2. The fourth-order valence-electron chi connectivity index (χ4n) is 14.3. The molecule has 0 radical (unpaired) electrons. The number of carbonyl (C=O) groups excluding carboxylic acids is 2. The van der Waals surface area contributed by atoms with Gasteiger partial charge in [-0.05, 0) is 126 Å². The number of nitrogens with two attached hydrogens (primary N) is 3. The van der Waals surface area contributed by atoms with Crippen LogP contribution in [0, 0.1) is 71.1 Å². The van der Waals surface area contributed by atoms with E-state index in [0.29, 0.717) is 92.8 Å². The SMILES string of the molecule is COC1CC2CCC(=O)C3(C#CC(CCC(O)CCC4CC(N)[NH2+]CC4CC4=C[CH+]N=C4)C2CC1O)CCC(CCC1CC2CCC(=O)CC2[NH2+]C12CCCCC2)CC3O. The Morgan fingerprint density at radius 2 is 1.77 bits per heavy atom. The Bertz CT molecular complexity index is 1620. The highest BCUT2D eigenvalue weighted by atomic mass is 16.5. The number of methoxy groups -OCH3 is 1. The molecule has 2 saturated heterocycles. The first kappa shape index (κ1) is 44.5. The fourth-order valence-corrected chi connectivity index (χ4v) is 14.3. The van der Waals surface area contributed by atoms with Gasteiger partial charge in [-0.15, -0.1) is 4.99 Å².